The Bertz CT molecular complexity index is 467. The van der Waals surface area contributed by atoms with Crippen LogP contribution in [0, 0.1) is 34.5 Å². The molecule has 0 bridgehead atoms. The van der Waals surface area contributed by atoms with Gasteiger partial charge in [-0.1, -0.05) is 40.2 Å². The first kappa shape index (κ1) is 17.2. The van der Waals surface area contributed by atoms with Crippen molar-refractivity contribution >= 4 is 5.78 Å². The average Bonchev–Trinajstić information content (AvgIpc) is 2.88. The highest BCUT2D eigenvalue weighted by molar-refractivity contribution is 5.88. The Kier molecular flexibility index (Phi) is 4.78. The number of carbonyl (C=O) groups excluding carboxylic acids is 1. The zero-order valence-electron chi connectivity index (χ0n) is 15.6. The third-order valence-corrected chi connectivity index (χ3v) is 8.71. The van der Waals surface area contributed by atoms with E-state index in [-0.39, 0.29) is 5.78 Å². The van der Waals surface area contributed by atoms with E-state index < -0.39 is 0 Å². The van der Waals surface area contributed by atoms with Crippen molar-refractivity contribution in [3.8, 4) is 0 Å². The molecule has 1 heteroatoms. The lowest BCUT2D eigenvalue weighted by atomic mass is 9.48. The highest BCUT2D eigenvalue weighted by Crippen LogP contribution is 2.65. The zero-order valence-corrected chi connectivity index (χ0v) is 15.6. The lowest BCUT2D eigenvalue weighted by Gasteiger charge is -2.57. The summed E-state index contributed by atoms with van der Waals surface area (Å²) in [6.07, 6.45) is 14.6. The van der Waals surface area contributed by atoms with E-state index in [4.69, 9.17) is 0 Å². The molecule has 3 aliphatic carbocycles. The summed E-state index contributed by atoms with van der Waals surface area (Å²) in [5.74, 6) is 3.93. The largest absolute Gasteiger partial charge is 0.295 e. The van der Waals surface area contributed by atoms with Crippen LogP contribution >= 0.6 is 0 Å². The Balaban J connectivity index is 1.82. The fourth-order valence-corrected chi connectivity index (χ4v) is 6.99. The summed E-state index contributed by atoms with van der Waals surface area (Å²) in [4.78, 5) is 11.8. The van der Waals surface area contributed by atoms with Gasteiger partial charge in [-0.05, 0) is 85.5 Å². The van der Waals surface area contributed by atoms with Gasteiger partial charge in [-0.2, -0.15) is 0 Å². The molecule has 0 amide bonds. The molecule has 0 aromatic rings. The van der Waals surface area contributed by atoms with Crippen LogP contribution in [0.1, 0.15) is 85.0 Å². The number of rotatable bonds is 5. The van der Waals surface area contributed by atoms with Crippen LogP contribution in [0.2, 0.25) is 0 Å². The van der Waals surface area contributed by atoms with E-state index in [1.165, 1.54) is 57.4 Å². The SMILES string of the molecule is C=CC(=O)CC[C@@]1(CC)CCCC2C1CC[C@@]1(C)C2CC[C@@H]1C. The monoisotopic (exact) mass is 316 g/mol. The van der Waals surface area contributed by atoms with Crippen molar-refractivity contribution in [3.05, 3.63) is 12.7 Å². The first-order valence-corrected chi connectivity index (χ1v) is 10.1. The first-order chi connectivity index (χ1) is 11.0. The van der Waals surface area contributed by atoms with Crippen molar-refractivity contribution in [1.82, 2.24) is 0 Å². The van der Waals surface area contributed by atoms with Gasteiger partial charge in [0.1, 0.15) is 0 Å². The van der Waals surface area contributed by atoms with Crippen molar-refractivity contribution in [2.75, 3.05) is 0 Å². The van der Waals surface area contributed by atoms with E-state index in [0.29, 0.717) is 10.8 Å². The van der Waals surface area contributed by atoms with Crippen LogP contribution in [-0.2, 0) is 4.79 Å². The molecule has 3 fully saturated rings. The van der Waals surface area contributed by atoms with Crippen LogP contribution in [0.3, 0.4) is 0 Å². The van der Waals surface area contributed by atoms with Crippen molar-refractivity contribution < 1.29 is 4.79 Å². The fourth-order valence-electron chi connectivity index (χ4n) is 6.99. The van der Waals surface area contributed by atoms with Gasteiger partial charge in [-0.3, -0.25) is 4.79 Å². The van der Waals surface area contributed by atoms with Crippen molar-refractivity contribution in [2.24, 2.45) is 34.5 Å². The van der Waals surface area contributed by atoms with E-state index >= 15 is 0 Å². The molecular weight excluding hydrogens is 280 g/mol. The van der Waals surface area contributed by atoms with Crippen molar-refractivity contribution in [2.45, 2.75) is 85.0 Å². The van der Waals surface area contributed by atoms with Crippen LogP contribution < -0.4 is 0 Å². The normalized spacial score (nSPS) is 46.0. The number of allylic oxidation sites excluding steroid dienone is 1. The Labute approximate surface area is 143 Å². The predicted octanol–water partition coefficient (Wildman–Crippen LogP) is 6.18. The topological polar surface area (TPSA) is 17.1 Å². The molecule has 0 aromatic heterocycles. The Morgan fingerprint density at radius 1 is 1.17 bits per heavy atom. The molecule has 3 unspecified atom stereocenters. The van der Waals surface area contributed by atoms with Crippen LogP contribution in [-0.4, -0.2) is 5.78 Å². The third kappa shape index (κ3) is 2.72. The maximum absolute atomic E-state index is 11.8. The molecule has 0 N–H and O–H groups in total. The van der Waals surface area contributed by atoms with Gasteiger partial charge in [0.25, 0.3) is 0 Å². The molecule has 0 radical (unpaired) electrons. The van der Waals surface area contributed by atoms with Gasteiger partial charge in [0.2, 0.25) is 0 Å². The zero-order chi connectivity index (χ0) is 16.7. The Morgan fingerprint density at radius 2 is 1.96 bits per heavy atom. The molecule has 1 nitrogen and oxygen atoms in total. The van der Waals surface area contributed by atoms with E-state index in [2.05, 4.69) is 27.4 Å². The second-order valence-electron chi connectivity index (χ2n) is 9.18. The van der Waals surface area contributed by atoms with Gasteiger partial charge in [0.15, 0.2) is 5.78 Å². The van der Waals surface area contributed by atoms with Crippen molar-refractivity contribution in [1.29, 1.82) is 0 Å². The van der Waals surface area contributed by atoms with Crippen LogP contribution in [0.25, 0.3) is 0 Å². The molecule has 3 aliphatic rings. The second-order valence-corrected chi connectivity index (χ2v) is 9.18. The number of fused-ring (bicyclic) bond motifs is 3. The van der Waals surface area contributed by atoms with Gasteiger partial charge in [0.05, 0.1) is 0 Å². The Morgan fingerprint density at radius 3 is 2.65 bits per heavy atom. The minimum Gasteiger partial charge on any atom is -0.295 e. The summed E-state index contributed by atoms with van der Waals surface area (Å²) in [6, 6.07) is 0. The molecule has 0 spiro atoms. The van der Waals surface area contributed by atoms with Gasteiger partial charge in [-0.25, -0.2) is 0 Å². The molecule has 3 saturated carbocycles. The minimum atomic E-state index is 0.245. The van der Waals surface area contributed by atoms with Crippen molar-refractivity contribution in [3.63, 3.8) is 0 Å². The molecule has 0 aliphatic heterocycles. The summed E-state index contributed by atoms with van der Waals surface area (Å²) in [5.41, 5.74) is 1.05. The highest BCUT2D eigenvalue weighted by atomic mass is 16.1. The quantitative estimate of drug-likeness (QED) is 0.553. The van der Waals surface area contributed by atoms with E-state index in [9.17, 15) is 4.79 Å². The minimum absolute atomic E-state index is 0.245. The maximum atomic E-state index is 11.8. The fraction of sp³-hybridized carbons (Fsp3) is 0.864. The summed E-state index contributed by atoms with van der Waals surface area (Å²) in [6.45, 7) is 11.1. The molecule has 0 heterocycles. The summed E-state index contributed by atoms with van der Waals surface area (Å²) < 4.78 is 0. The molecule has 0 aromatic carbocycles. The van der Waals surface area contributed by atoms with Crippen LogP contribution in [0.4, 0.5) is 0 Å². The van der Waals surface area contributed by atoms with E-state index in [0.717, 1.165) is 36.5 Å². The maximum Gasteiger partial charge on any atom is 0.155 e. The molecule has 3 rings (SSSR count). The Hall–Kier alpha value is -0.590. The van der Waals surface area contributed by atoms with Gasteiger partial charge < -0.3 is 0 Å². The molecule has 23 heavy (non-hydrogen) atoms. The number of ketones is 1. The smallest absolute Gasteiger partial charge is 0.155 e. The lowest BCUT2D eigenvalue weighted by Crippen LogP contribution is -2.49. The lowest BCUT2D eigenvalue weighted by molar-refractivity contribution is -0.117. The second kappa shape index (κ2) is 6.37. The summed E-state index contributed by atoms with van der Waals surface area (Å²) in [5, 5.41) is 0. The molecular formula is C22H36O. The van der Waals surface area contributed by atoms with E-state index in [1.54, 1.807) is 0 Å². The molecule has 6 atom stereocenters. The first-order valence-electron chi connectivity index (χ1n) is 10.1. The summed E-state index contributed by atoms with van der Waals surface area (Å²) in [7, 11) is 0. The predicted molar refractivity (Wildman–Crippen MR) is 97.2 cm³/mol. The number of hydrogen-bond donors (Lipinski definition) is 0. The van der Waals surface area contributed by atoms with Gasteiger partial charge in [-0.15, -0.1) is 0 Å². The standard InChI is InChI=1S/C22H36O/c1-5-17(23)11-15-22(6-2)13-7-8-18-19-10-9-16(3)21(19,4)14-12-20(18)22/h5,16,18-20H,1,6-15H2,2-4H3/t16-,18?,19?,20?,21+,22+/m0/s1. The molecule has 130 valence electrons. The molecule has 0 saturated heterocycles. The third-order valence-electron chi connectivity index (χ3n) is 8.71. The van der Waals surface area contributed by atoms with E-state index in [1.807, 2.05) is 0 Å². The van der Waals surface area contributed by atoms with Crippen LogP contribution in [0.5, 0.6) is 0 Å². The van der Waals surface area contributed by atoms with Gasteiger partial charge >= 0.3 is 0 Å². The van der Waals surface area contributed by atoms with Gasteiger partial charge in [0, 0.05) is 6.42 Å². The highest BCUT2D eigenvalue weighted by Gasteiger charge is 2.56. The average molecular weight is 317 g/mol. The van der Waals surface area contributed by atoms with Crippen LogP contribution in [0.15, 0.2) is 12.7 Å². The number of hydrogen-bond acceptors (Lipinski definition) is 1. The number of carbonyl (C=O) groups is 1. The summed E-state index contributed by atoms with van der Waals surface area (Å²) >= 11 is 0.